The minimum atomic E-state index is -3.63. The summed E-state index contributed by atoms with van der Waals surface area (Å²) in [6.45, 7) is 3.70. The van der Waals surface area contributed by atoms with Crippen molar-refractivity contribution in [3.05, 3.63) is 16.5 Å². The zero-order valence-corrected chi connectivity index (χ0v) is 13.9. The number of hydrogen-bond donors (Lipinski definition) is 2. The van der Waals surface area contributed by atoms with E-state index in [0.717, 1.165) is 43.4 Å². The van der Waals surface area contributed by atoms with Gasteiger partial charge in [0.05, 0.1) is 0 Å². The lowest BCUT2D eigenvalue weighted by Crippen LogP contribution is -2.41. The molecule has 7 heteroatoms. The molecule has 0 saturated heterocycles. The van der Waals surface area contributed by atoms with Gasteiger partial charge in [0.15, 0.2) is 0 Å². The Hall–Kier alpha value is -0.920. The van der Waals surface area contributed by atoms with Gasteiger partial charge in [-0.25, -0.2) is 17.9 Å². The Balaban J connectivity index is 2.21. The quantitative estimate of drug-likeness (QED) is 0.869. The Morgan fingerprint density at radius 2 is 2.10 bits per heavy atom. The summed E-state index contributed by atoms with van der Waals surface area (Å²) in [6, 6.07) is 1.41. The fourth-order valence-electron chi connectivity index (χ4n) is 2.91. The second-order valence-corrected chi connectivity index (χ2v) is 8.56. The maximum absolute atomic E-state index is 12.5. The third-order valence-electron chi connectivity index (χ3n) is 4.09. The molecule has 21 heavy (non-hydrogen) atoms. The number of thiophene rings is 1. The summed E-state index contributed by atoms with van der Waals surface area (Å²) in [5.41, 5.74) is 0.489. The second kappa shape index (κ2) is 6.46. The first-order valence-corrected chi connectivity index (χ1v) is 9.51. The molecule has 2 atom stereocenters. The first kappa shape index (κ1) is 16.5. The van der Waals surface area contributed by atoms with Crippen LogP contribution in [0.2, 0.25) is 0 Å². The Labute approximate surface area is 129 Å². The number of sulfonamides is 1. The van der Waals surface area contributed by atoms with Gasteiger partial charge in [-0.15, -0.1) is 11.3 Å². The largest absolute Gasteiger partial charge is 0.477 e. The van der Waals surface area contributed by atoms with Gasteiger partial charge in [0.1, 0.15) is 9.09 Å². The number of hydrogen-bond acceptors (Lipinski definition) is 4. The molecule has 0 aromatic carbocycles. The highest BCUT2D eigenvalue weighted by Gasteiger charge is 2.30. The number of nitrogens with one attached hydrogen (secondary N) is 1. The van der Waals surface area contributed by atoms with Gasteiger partial charge in [0.25, 0.3) is 0 Å². The Morgan fingerprint density at radius 1 is 1.43 bits per heavy atom. The van der Waals surface area contributed by atoms with Crippen molar-refractivity contribution in [3.63, 3.8) is 0 Å². The van der Waals surface area contributed by atoms with E-state index in [-0.39, 0.29) is 15.1 Å². The van der Waals surface area contributed by atoms with Gasteiger partial charge in [-0.05, 0) is 37.3 Å². The summed E-state index contributed by atoms with van der Waals surface area (Å²) >= 11 is 0.822. The van der Waals surface area contributed by atoms with Crippen LogP contribution < -0.4 is 4.72 Å². The van der Waals surface area contributed by atoms with E-state index in [1.165, 1.54) is 6.07 Å². The first-order valence-electron chi connectivity index (χ1n) is 7.21. The van der Waals surface area contributed by atoms with E-state index in [0.29, 0.717) is 11.5 Å². The maximum atomic E-state index is 12.5. The summed E-state index contributed by atoms with van der Waals surface area (Å²) in [5.74, 6) is -0.712. The van der Waals surface area contributed by atoms with Crippen molar-refractivity contribution < 1.29 is 18.3 Å². The van der Waals surface area contributed by atoms with Crippen molar-refractivity contribution >= 4 is 27.3 Å². The standard InChI is InChI=1S/C14H21NO4S2/c1-3-10-6-4-5-7-11(10)15-21(18,19)12-8-9(2)13(20-12)14(16)17/h8,10-11,15H,3-7H2,1-2H3,(H,16,17). The van der Waals surface area contributed by atoms with Crippen molar-refractivity contribution in [1.82, 2.24) is 4.72 Å². The minimum Gasteiger partial charge on any atom is -0.477 e. The van der Waals surface area contributed by atoms with Crippen molar-refractivity contribution in [1.29, 1.82) is 0 Å². The molecule has 0 amide bonds. The highest BCUT2D eigenvalue weighted by atomic mass is 32.2. The molecule has 0 spiro atoms. The predicted molar refractivity (Wildman–Crippen MR) is 82.4 cm³/mol. The molecule has 0 bridgehead atoms. The third kappa shape index (κ3) is 3.64. The van der Waals surface area contributed by atoms with Gasteiger partial charge in [-0.3, -0.25) is 0 Å². The van der Waals surface area contributed by atoms with Gasteiger partial charge >= 0.3 is 5.97 Å². The van der Waals surface area contributed by atoms with Crippen LogP contribution >= 0.6 is 11.3 Å². The molecule has 1 aromatic rings. The van der Waals surface area contributed by atoms with Crippen LogP contribution in [0, 0.1) is 12.8 Å². The smallest absolute Gasteiger partial charge is 0.346 e. The number of aryl methyl sites for hydroxylation is 1. The normalized spacial score (nSPS) is 23.1. The third-order valence-corrected chi connectivity index (χ3v) is 7.28. The highest BCUT2D eigenvalue weighted by Crippen LogP contribution is 2.30. The zero-order valence-electron chi connectivity index (χ0n) is 12.3. The van der Waals surface area contributed by atoms with E-state index in [1.54, 1.807) is 6.92 Å². The summed E-state index contributed by atoms with van der Waals surface area (Å²) in [4.78, 5) is 11.1. The molecule has 1 aromatic heterocycles. The van der Waals surface area contributed by atoms with Crippen LogP contribution in [0.4, 0.5) is 0 Å². The average molecular weight is 331 g/mol. The first-order chi connectivity index (χ1) is 9.85. The summed E-state index contributed by atoms with van der Waals surface area (Å²) < 4.78 is 27.8. The fraction of sp³-hybridized carbons (Fsp3) is 0.643. The molecule has 2 N–H and O–H groups in total. The molecular weight excluding hydrogens is 310 g/mol. The van der Waals surface area contributed by atoms with Gasteiger partial charge in [-0.1, -0.05) is 26.2 Å². The SMILES string of the molecule is CCC1CCCCC1NS(=O)(=O)c1cc(C)c(C(=O)O)s1. The molecule has 1 saturated carbocycles. The lowest BCUT2D eigenvalue weighted by Gasteiger charge is -2.31. The Kier molecular flexibility index (Phi) is 5.06. The van der Waals surface area contributed by atoms with Crippen LogP contribution in [0.3, 0.4) is 0 Å². The topological polar surface area (TPSA) is 83.5 Å². The van der Waals surface area contributed by atoms with Crippen LogP contribution in [0.15, 0.2) is 10.3 Å². The van der Waals surface area contributed by atoms with Crippen LogP contribution in [-0.4, -0.2) is 25.5 Å². The molecule has 5 nitrogen and oxygen atoms in total. The minimum absolute atomic E-state index is 0.0376. The van der Waals surface area contributed by atoms with E-state index in [1.807, 2.05) is 0 Å². The van der Waals surface area contributed by atoms with Crippen LogP contribution in [0.1, 0.15) is 54.3 Å². The van der Waals surface area contributed by atoms with Crippen molar-refractivity contribution in [2.75, 3.05) is 0 Å². The molecule has 118 valence electrons. The number of aromatic carboxylic acids is 1. The van der Waals surface area contributed by atoms with Gasteiger partial charge in [0.2, 0.25) is 10.0 Å². The van der Waals surface area contributed by atoms with E-state index >= 15 is 0 Å². The molecule has 2 rings (SSSR count). The number of rotatable bonds is 5. The molecule has 2 unspecified atom stereocenters. The monoisotopic (exact) mass is 331 g/mol. The van der Waals surface area contributed by atoms with Crippen molar-refractivity contribution in [2.24, 2.45) is 5.92 Å². The molecule has 0 aliphatic heterocycles. The Morgan fingerprint density at radius 3 is 2.67 bits per heavy atom. The van der Waals surface area contributed by atoms with E-state index < -0.39 is 16.0 Å². The zero-order chi connectivity index (χ0) is 15.6. The molecule has 1 heterocycles. The van der Waals surface area contributed by atoms with Crippen molar-refractivity contribution in [3.8, 4) is 0 Å². The summed E-state index contributed by atoms with van der Waals surface area (Å²) in [5, 5.41) is 9.04. The van der Waals surface area contributed by atoms with Gasteiger partial charge in [-0.2, -0.15) is 0 Å². The van der Waals surface area contributed by atoms with E-state index in [2.05, 4.69) is 11.6 Å². The summed E-state index contributed by atoms with van der Waals surface area (Å²) in [6.07, 6.45) is 5.05. The van der Waals surface area contributed by atoms with Crippen molar-refractivity contribution in [2.45, 2.75) is 56.2 Å². The fourth-order valence-corrected chi connectivity index (χ4v) is 5.64. The summed E-state index contributed by atoms with van der Waals surface area (Å²) in [7, 11) is -3.63. The molecule has 1 aliphatic carbocycles. The lowest BCUT2D eigenvalue weighted by molar-refractivity contribution is 0.0701. The molecule has 1 fully saturated rings. The van der Waals surface area contributed by atoms with E-state index in [9.17, 15) is 13.2 Å². The number of carboxylic acid groups (broad SMARTS) is 1. The maximum Gasteiger partial charge on any atom is 0.346 e. The molecule has 1 aliphatic rings. The molecule has 0 radical (unpaired) electrons. The average Bonchev–Trinajstić information content (AvgIpc) is 2.82. The highest BCUT2D eigenvalue weighted by molar-refractivity contribution is 7.91. The number of carboxylic acids is 1. The second-order valence-electron chi connectivity index (χ2n) is 5.56. The van der Waals surface area contributed by atoms with E-state index in [4.69, 9.17) is 5.11 Å². The van der Waals surface area contributed by atoms with Crippen LogP contribution in [0.25, 0.3) is 0 Å². The molecular formula is C14H21NO4S2. The predicted octanol–water partition coefficient (Wildman–Crippen LogP) is 3.00. The van der Waals surface area contributed by atoms with Crippen LogP contribution in [-0.2, 0) is 10.0 Å². The number of carbonyl (C=O) groups is 1. The van der Waals surface area contributed by atoms with Crippen LogP contribution in [0.5, 0.6) is 0 Å². The van der Waals surface area contributed by atoms with Gasteiger partial charge in [0, 0.05) is 6.04 Å². The Bertz CT molecular complexity index is 621. The van der Waals surface area contributed by atoms with Gasteiger partial charge < -0.3 is 5.11 Å². The lowest BCUT2D eigenvalue weighted by atomic mass is 9.83.